The average molecular weight is 458 g/mol. The molecular weight excluding hydrogens is 430 g/mol. The number of non-ortho nitro benzene ring substituents is 1. The third kappa shape index (κ3) is 5.46. The second kappa shape index (κ2) is 10.2. The van der Waals surface area contributed by atoms with Crippen molar-refractivity contribution in [1.82, 2.24) is 14.9 Å². The van der Waals surface area contributed by atoms with Gasteiger partial charge in [-0.1, -0.05) is 30.3 Å². The molecule has 1 aliphatic heterocycles. The van der Waals surface area contributed by atoms with Crippen molar-refractivity contribution in [3.05, 3.63) is 99.0 Å². The third-order valence-corrected chi connectivity index (χ3v) is 5.94. The van der Waals surface area contributed by atoms with Crippen LogP contribution in [0, 0.1) is 24.0 Å². The second-order valence-corrected chi connectivity index (χ2v) is 8.32. The topological polar surface area (TPSA) is 92.5 Å². The molecule has 1 amide bonds. The highest BCUT2D eigenvalue weighted by atomic mass is 16.6. The zero-order valence-electron chi connectivity index (χ0n) is 19.3. The molecule has 1 saturated heterocycles. The van der Waals surface area contributed by atoms with Crippen molar-refractivity contribution in [3.8, 4) is 0 Å². The van der Waals surface area contributed by atoms with E-state index < -0.39 is 4.92 Å². The lowest BCUT2D eigenvalue weighted by molar-refractivity contribution is -0.384. The summed E-state index contributed by atoms with van der Waals surface area (Å²) in [4.78, 5) is 36.4. The molecule has 8 heteroatoms. The van der Waals surface area contributed by atoms with Gasteiger partial charge < -0.3 is 9.80 Å². The van der Waals surface area contributed by atoms with Crippen molar-refractivity contribution in [2.75, 3.05) is 31.1 Å². The smallest absolute Gasteiger partial charge is 0.269 e. The summed E-state index contributed by atoms with van der Waals surface area (Å²) in [6, 6.07) is 16.4. The first kappa shape index (κ1) is 23.1. The summed E-state index contributed by atoms with van der Waals surface area (Å²) in [6.07, 6.45) is 3.98. The zero-order valence-corrected chi connectivity index (χ0v) is 19.3. The number of nitro groups is 1. The normalized spacial score (nSPS) is 13.9. The van der Waals surface area contributed by atoms with E-state index in [1.54, 1.807) is 18.2 Å². The molecule has 8 nitrogen and oxygen atoms in total. The summed E-state index contributed by atoms with van der Waals surface area (Å²) in [7, 11) is 0. The van der Waals surface area contributed by atoms with Crippen molar-refractivity contribution in [1.29, 1.82) is 0 Å². The molecule has 0 unspecified atom stereocenters. The van der Waals surface area contributed by atoms with E-state index in [2.05, 4.69) is 22.0 Å². The van der Waals surface area contributed by atoms with Gasteiger partial charge in [0.15, 0.2) is 0 Å². The molecule has 2 aromatic carbocycles. The highest BCUT2D eigenvalue weighted by molar-refractivity contribution is 5.92. The van der Waals surface area contributed by atoms with Crippen LogP contribution in [0.3, 0.4) is 0 Å². The predicted molar refractivity (Wildman–Crippen MR) is 132 cm³/mol. The van der Waals surface area contributed by atoms with Crippen LogP contribution in [0.2, 0.25) is 0 Å². The minimum absolute atomic E-state index is 0.0291. The molecule has 0 saturated carbocycles. The van der Waals surface area contributed by atoms with Gasteiger partial charge in [0.2, 0.25) is 5.91 Å². The minimum Gasteiger partial charge on any atom is -0.353 e. The molecule has 4 rings (SSSR count). The molecule has 34 heavy (non-hydrogen) atoms. The number of nitro benzene ring substituents is 1. The molecule has 1 aliphatic rings. The number of anilines is 1. The molecule has 0 N–H and O–H groups in total. The number of amides is 1. The van der Waals surface area contributed by atoms with Crippen LogP contribution < -0.4 is 4.90 Å². The van der Waals surface area contributed by atoms with Crippen molar-refractivity contribution in [2.24, 2.45) is 0 Å². The Kier molecular flexibility index (Phi) is 6.96. The molecule has 0 bridgehead atoms. The third-order valence-electron chi connectivity index (χ3n) is 5.94. The van der Waals surface area contributed by atoms with Gasteiger partial charge in [0, 0.05) is 62.1 Å². The average Bonchev–Trinajstić information content (AvgIpc) is 2.85. The molecule has 0 atom stereocenters. The predicted octanol–water partition coefficient (Wildman–Crippen LogP) is 3.95. The van der Waals surface area contributed by atoms with Gasteiger partial charge in [0.1, 0.15) is 11.6 Å². The molecule has 0 aliphatic carbocycles. The van der Waals surface area contributed by atoms with E-state index in [1.165, 1.54) is 23.8 Å². The van der Waals surface area contributed by atoms with Crippen LogP contribution in [0.4, 0.5) is 11.5 Å². The van der Waals surface area contributed by atoms with Gasteiger partial charge in [0.25, 0.3) is 5.69 Å². The number of hydrogen-bond acceptors (Lipinski definition) is 6. The monoisotopic (exact) mass is 457 g/mol. The van der Waals surface area contributed by atoms with Crippen LogP contribution in [0.1, 0.15) is 28.2 Å². The van der Waals surface area contributed by atoms with E-state index in [0.717, 1.165) is 34.9 Å². The van der Waals surface area contributed by atoms with Crippen molar-refractivity contribution in [3.63, 3.8) is 0 Å². The molecule has 174 valence electrons. The number of aryl methyl sites for hydroxylation is 2. The first-order valence-corrected chi connectivity index (χ1v) is 11.2. The fourth-order valence-electron chi connectivity index (χ4n) is 4.10. The van der Waals surface area contributed by atoms with Crippen molar-refractivity contribution >= 4 is 23.5 Å². The van der Waals surface area contributed by atoms with E-state index in [-0.39, 0.29) is 11.6 Å². The summed E-state index contributed by atoms with van der Waals surface area (Å²) < 4.78 is 0. The molecule has 0 spiro atoms. The Hall–Kier alpha value is -4.07. The SMILES string of the molecule is Cc1nc(C)c(Cc2ccccc2)c(N2CCN(C(=O)/C=C/c3ccc([N+](=O)[O-])cc3)CC2)n1. The maximum atomic E-state index is 12.7. The van der Waals surface area contributed by atoms with Crippen LogP contribution in [-0.4, -0.2) is 51.9 Å². The molecular formula is C26H27N5O3. The Morgan fingerprint density at radius 3 is 2.32 bits per heavy atom. The van der Waals surface area contributed by atoms with E-state index in [1.807, 2.05) is 36.9 Å². The lowest BCUT2D eigenvalue weighted by atomic mass is 10.0. The maximum absolute atomic E-state index is 12.7. The summed E-state index contributed by atoms with van der Waals surface area (Å²) >= 11 is 0. The fourth-order valence-corrected chi connectivity index (χ4v) is 4.10. The fraction of sp³-hybridized carbons (Fsp3) is 0.269. The Bertz CT molecular complexity index is 1200. The van der Waals surface area contributed by atoms with Crippen LogP contribution in [0.5, 0.6) is 0 Å². The minimum atomic E-state index is -0.440. The zero-order chi connectivity index (χ0) is 24.1. The van der Waals surface area contributed by atoms with Gasteiger partial charge in [-0.15, -0.1) is 0 Å². The van der Waals surface area contributed by atoms with Gasteiger partial charge in [0.05, 0.1) is 4.92 Å². The highest BCUT2D eigenvalue weighted by Crippen LogP contribution is 2.25. The number of piperazine rings is 1. The van der Waals surface area contributed by atoms with E-state index in [0.29, 0.717) is 26.2 Å². The van der Waals surface area contributed by atoms with Gasteiger partial charge in [-0.3, -0.25) is 14.9 Å². The Morgan fingerprint density at radius 1 is 1.00 bits per heavy atom. The van der Waals surface area contributed by atoms with E-state index in [9.17, 15) is 14.9 Å². The molecule has 2 heterocycles. The molecule has 3 aromatic rings. The second-order valence-electron chi connectivity index (χ2n) is 8.32. The number of carbonyl (C=O) groups is 1. The lowest BCUT2D eigenvalue weighted by Gasteiger charge is -2.36. The van der Waals surface area contributed by atoms with Crippen LogP contribution in [0.25, 0.3) is 6.08 Å². The first-order valence-electron chi connectivity index (χ1n) is 11.2. The van der Waals surface area contributed by atoms with Crippen molar-refractivity contribution in [2.45, 2.75) is 20.3 Å². The number of carbonyl (C=O) groups excluding carboxylic acids is 1. The Balaban J connectivity index is 1.42. The molecule has 0 radical (unpaired) electrons. The van der Waals surface area contributed by atoms with Gasteiger partial charge in [-0.25, -0.2) is 9.97 Å². The number of benzene rings is 2. The first-order chi connectivity index (χ1) is 16.4. The van der Waals surface area contributed by atoms with Crippen LogP contribution in [0.15, 0.2) is 60.7 Å². The Morgan fingerprint density at radius 2 is 1.68 bits per heavy atom. The number of rotatable bonds is 6. The van der Waals surface area contributed by atoms with Crippen LogP contribution in [-0.2, 0) is 11.2 Å². The molecule has 1 aromatic heterocycles. The van der Waals surface area contributed by atoms with E-state index >= 15 is 0 Å². The number of hydrogen-bond donors (Lipinski definition) is 0. The summed E-state index contributed by atoms with van der Waals surface area (Å²) in [5.74, 6) is 1.62. The summed E-state index contributed by atoms with van der Waals surface area (Å²) in [6.45, 7) is 6.50. The number of nitrogens with zero attached hydrogens (tertiary/aromatic N) is 5. The van der Waals surface area contributed by atoms with Gasteiger partial charge in [-0.05, 0) is 43.2 Å². The van der Waals surface area contributed by atoms with Crippen LogP contribution >= 0.6 is 0 Å². The van der Waals surface area contributed by atoms with E-state index in [4.69, 9.17) is 4.98 Å². The van der Waals surface area contributed by atoms with Gasteiger partial charge >= 0.3 is 0 Å². The lowest BCUT2D eigenvalue weighted by Crippen LogP contribution is -2.49. The largest absolute Gasteiger partial charge is 0.353 e. The van der Waals surface area contributed by atoms with Crippen molar-refractivity contribution < 1.29 is 9.72 Å². The summed E-state index contributed by atoms with van der Waals surface area (Å²) in [5.41, 5.74) is 4.09. The quantitative estimate of drug-likeness (QED) is 0.316. The maximum Gasteiger partial charge on any atom is 0.269 e. The Labute approximate surface area is 198 Å². The summed E-state index contributed by atoms with van der Waals surface area (Å²) in [5, 5.41) is 10.8. The standard InChI is InChI=1S/C26H27N5O3/c1-19-24(18-22-6-4-3-5-7-22)26(28-20(2)27-19)30-16-14-29(15-17-30)25(32)13-10-21-8-11-23(12-9-21)31(33)34/h3-13H,14-18H2,1-2H3/b13-10+. The van der Waals surface area contributed by atoms with Gasteiger partial charge in [-0.2, -0.15) is 0 Å². The molecule has 1 fully saturated rings. The highest BCUT2D eigenvalue weighted by Gasteiger charge is 2.24. The number of aromatic nitrogens is 2.